The number of ether oxygens (including phenoxy) is 2. The maximum atomic E-state index is 12.6. The third kappa shape index (κ3) is 3.66. The molecule has 7 heteroatoms. The fraction of sp³-hybridized carbons (Fsp3) is 0.500. The van der Waals surface area contributed by atoms with Gasteiger partial charge in [0.25, 0.3) is 0 Å². The van der Waals surface area contributed by atoms with Crippen LogP contribution in [0, 0.1) is 11.8 Å². The van der Waals surface area contributed by atoms with Gasteiger partial charge in [-0.1, -0.05) is 29.8 Å². The van der Waals surface area contributed by atoms with Crippen molar-refractivity contribution in [1.29, 1.82) is 0 Å². The molecule has 4 heterocycles. The van der Waals surface area contributed by atoms with Crippen LogP contribution in [0.4, 0.5) is 0 Å². The lowest BCUT2D eigenvalue weighted by Crippen LogP contribution is -2.59. The Balaban J connectivity index is 1.81. The van der Waals surface area contributed by atoms with E-state index in [1.807, 2.05) is 38.1 Å². The van der Waals surface area contributed by atoms with Crippen molar-refractivity contribution in [3.05, 3.63) is 36.0 Å². The highest BCUT2D eigenvalue weighted by molar-refractivity contribution is 9.09. The standard InChI is InChI=1S/C22H25BrN2O4/c1-12(2)22(27)29-20(18-10-13-7-9-25(18)21(23)19(13)26)15-6-8-24-17-5-4-14(28-3)11-16(15)17/h4-6,8,11-13,18,20-21H,7,9-10H2,1-3H3/t13-,18+,20-,21+/m0/s1. The molecule has 1 aromatic heterocycles. The van der Waals surface area contributed by atoms with Gasteiger partial charge in [0, 0.05) is 29.6 Å². The lowest BCUT2D eigenvalue weighted by atomic mass is 9.78. The van der Waals surface area contributed by atoms with Crippen LogP contribution in [0.25, 0.3) is 10.9 Å². The molecule has 0 aliphatic carbocycles. The summed E-state index contributed by atoms with van der Waals surface area (Å²) in [6, 6.07) is 7.54. The van der Waals surface area contributed by atoms with Crippen molar-refractivity contribution in [3.63, 3.8) is 0 Å². The predicted octanol–water partition coefficient (Wildman–Crippen LogP) is 3.87. The number of alkyl halides is 1. The summed E-state index contributed by atoms with van der Waals surface area (Å²) in [5, 5.41) is 0.897. The van der Waals surface area contributed by atoms with Gasteiger partial charge in [-0.25, -0.2) is 0 Å². The molecule has 5 rings (SSSR count). The topological polar surface area (TPSA) is 68.7 Å². The maximum absolute atomic E-state index is 12.6. The van der Waals surface area contributed by atoms with E-state index >= 15 is 0 Å². The van der Waals surface area contributed by atoms with Crippen molar-refractivity contribution in [2.24, 2.45) is 11.8 Å². The molecule has 3 aliphatic heterocycles. The minimum absolute atomic E-state index is 0.00253. The van der Waals surface area contributed by atoms with Crippen LogP contribution in [-0.2, 0) is 14.3 Å². The number of ketones is 1. The number of rotatable bonds is 5. The van der Waals surface area contributed by atoms with Crippen molar-refractivity contribution >= 4 is 38.6 Å². The molecule has 1 aromatic carbocycles. The quantitative estimate of drug-likeness (QED) is 0.383. The number of carbonyl (C=O) groups is 2. The molecule has 1 unspecified atom stereocenters. The fourth-order valence-electron chi connectivity index (χ4n) is 4.34. The highest BCUT2D eigenvalue weighted by Crippen LogP contribution is 2.43. The first-order valence-corrected chi connectivity index (χ1v) is 10.9. The summed E-state index contributed by atoms with van der Waals surface area (Å²) in [4.78, 5) is 31.4. The van der Waals surface area contributed by atoms with Gasteiger partial charge >= 0.3 is 5.97 Å². The van der Waals surface area contributed by atoms with Gasteiger partial charge in [-0.15, -0.1) is 0 Å². The van der Waals surface area contributed by atoms with Crippen LogP contribution in [0.3, 0.4) is 0 Å². The molecule has 0 amide bonds. The van der Waals surface area contributed by atoms with E-state index < -0.39 is 6.10 Å². The number of methoxy groups -OCH3 is 1. The summed E-state index contributed by atoms with van der Waals surface area (Å²) in [5.41, 5.74) is 1.71. The smallest absolute Gasteiger partial charge is 0.309 e. The molecule has 2 bridgehead atoms. The number of Topliss-reactive ketones (excluding diaryl/α,β-unsaturated/α-hetero) is 1. The molecule has 154 valence electrons. The van der Waals surface area contributed by atoms with Crippen LogP contribution in [-0.4, -0.2) is 46.3 Å². The van der Waals surface area contributed by atoms with Crippen LogP contribution < -0.4 is 4.74 Å². The molecule has 2 aromatic rings. The Bertz CT molecular complexity index is 944. The Kier molecular flexibility index (Phi) is 5.62. The molecule has 3 saturated heterocycles. The highest BCUT2D eigenvalue weighted by atomic mass is 79.9. The number of aromatic nitrogens is 1. The van der Waals surface area contributed by atoms with Gasteiger partial charge in [-0.3, -0.25) is 19.5 Å². The molecule has 3 fully saturated rings. The second kappa shape index (κ2) is 8.03. The number of piperidine rings is 3. The summed E-state index contributed by atoms with van der Waals surface area (Å²) in [7, 11) is 1.63. The number of benzene rings is 1. The molecule has 29 heavy (non-hydrogen) atoms. The number of halogens is 1. The lowest BCUT2D eigenvalue weighted by molar-refractivity contribution is -0.162. The van der Waals surface area contributed by atoms with Gasteiger partial charge < -0.3 is 9.47 Å². The van der Waals surface area contributed by atoms with E-state index in [4.69, 9.17) is 9.47 Å². The predicted molar refractivity (Wildman–Crippen MR) is 113 cm³/mol. The monoisotopic (exact) mass is 460 g/mol. The van der Waals surface area contributed by atoms with E-state index in [0.717, 1.165) is 35.2 Å². The SMILES string of the molecule is COc1ccc2nccc([C@H](OC(=O)C(C)C)[C@H]3C[C@@H]4CCN3[C@@H](Br)C4=O)c2c1. The van der Waals surface area contributed by atoms with E-state index in [2.05, 4.69) is 25.8 Å². The maximum Gasteiger partial charge on any atom is 0.309 e. The van der Waals surface area contributed by atoms with Gasteiger partial charge in [0.15, 0.2) is 5.78 Å². The van der Waals surface area contributed by atoms with Crippen LogP contribution in [0.15, 0.2) is 30.5 Å². The van der Waals surface area contributed by atoms with Crippen molar-refractivity contribution in [1.82, 2.24) is 9.88 Å². The number of nitrogens with zero attached hydrogens (tertiary/aromatic N) is 2. The van der Waals surface area contributed by atoms with Crippen molar-refractivity contribution in [3.8, 4) is 5.75 Å². The van der Waals surface area contributed by atoms with Crippen LogP contribution in [0.1, 0.15) is 38.4 Å². The van der Waals surface area contributed by atoms with E-state index in [1.165, 1.54) is 0 Å². The molecule has 0 spiro atoms. The summed E-state index contributed by atoms with van der Waals surface area (Å²) >= 11 is 3.56. The Labute approximate surface area is 178 Å². The van der Waals surface area contributed by atoms with Gasteiger partial charge in [-0.05, 0) is 37.1 Å². The average Bonchev–Trinajstić information content (AvgIpc) is 2.74. The van der Waals surface area contributed by atoms with Crippen LogP contribution >= 0.6 is 15.9 Å². The van der Waals surface area contributed by atoms with Gasteiger partial charge in [0.2, 0.25) is 0 Å². The van der Waals surface area contributed by atoms with E-state index in [9.17, 15) is 9.59 Å². The van der Waals surface area contributed by atoms with E-state index in [0.29, 0.717) is 6.42 Å². The number of pyridine rings is 1. The third-order valence-corrected chi connectivity index (χ3v) is 6.95. The zero-order chi connectivity index (χ0) is 20.7. The summed E-state index contributed by atoms with van der Waals surface area (Å²) < 4.78 is 11.5. The molecule has 0 N–H and O–H groups in total. The lowest BCUT2D eigenvalue weighted by Gasteiger charge is -2.49. The number of carbonyl (C=O) groups excluding carboxylic acids is 2. The molecule has 0 radical (unpaired) electrons. The number of hydrogen-bond donors (Lipinski definition) is 0. The van der Waals surface area contributed by atoms with Crippen LogP contribution in [0.2, 0.25) is 0 Å². The number of hydrogen-bond acceptors (Lipinski definition) is 6. The number of fused-ring (bicyclic) bond motifs is 4. The molecule has 5 atom stereocenters. The minimum Gasteiger partial charge on any atom is -0.497 e. The molecule has 6 nitrogen and oxygen atoms in total. The zero-order valence-electron chi connectivity index (χ0n) is 16.8. The molecular weight excluding hydrogens is 436 g/mol. The van der Waals surface area contributed by atoms with Gasteiger partial charge in [-0.2, -0.15) is 0 Å². The minimum atomic E-state index is -0.488. The van der Waals surface area contributed by atoms with Gasteiger partial charge in [0.05, 0.1) is 24.6 Å². The van der Waals surface area contributed by atoms with Crippen molar-refractivity contribution in [2.45, 2.75) is 43.8 Å². The highest BCUT2D eigenvalue weighted by Gasteiger charge is 2.49. The summed E-state index contributed by atoms with van der Waals surface area (Å²) in [5.74, 6) is 0.458. The number of esters is 1. The Morgan fingerprint density at radius 3 is 2.79 bits per heavy atom. The molecule has 3 aliphatic rings. The largest absolute Gasteiger partial charge is 0.497 e. The zero-order valence-corrected chi connectivity index (χ0v) is 18.4. The van der Waals surface area contributed by atoms with E-state index in [-0.39, 0.29) is 34.6 Å². The Morgan fingerprint density at radius 2 is 2.10 bits per heavy atom. The van der Waals surface area contributed by atoms with Gasteiger partial charge in [0.1, 0.15) is 16.8 Å². The Morgan fingerprint density at radius 1 is 1.31 bits per heavy atom. The fourth-order valence-corrected chi connectivity index (χ4v) is 5.23. The Hall–Kier alpha value is -1.99. The average molecular weight is 461 g/mol. The third-order valence-electron chi connectivity index (χ3n) is 5.97. The second-order valence-corrected chi connectivity index (χ2v) is 8.93. The van der Waals surface area contributed by atoms with Crippen LogP contribution in [0.5, 0.6) is 5.75 Å². The van der Waals surface area contributed by atoms with E-state index in [1.54, 1.807) is 13.3 Å². The first kappa shape index (κ1) is 20.3. The summed E-state index contributed by atoms with van der Waals surface area (Å²) in [6.45, 7) is 4.47. The first-order chi connectivity index (χ1) is 13.9. The molecule has 0 saturated carbocycles. The van der Waals surface area contributed by atoms with Crippen molar-refractivity contribution < 1.29 is 19.1 Å². The first-order valence-electron chi connectivity index (χ1n) is 9.97. The summed E-state index contributed by atoms with van der Waals surface area (Å²) in [6.07, 6.45) is 2.80. The normalized spacial score (nSPS) is 27.3. The second-order valence-electron chi connectivity index (χ2n) is 8.06. The molecular formula is C22H25BrN2O4. The van der Waals surface area contributed by atoms with Crippen molar-refractivity contribution in [2.75, 3.05) is 13.7 Å².